The van der Waals surface area contributed by atoms with Crippen molar-refractivity contribution in [2.45, 2.75) is 243 Å². The molecule has 3 aliphatic rings. The zero-order valence-corrected chi connectivity index (χ0v) is 73.5. The van der Waals surface area contributed by atoms with Crippen molar-refractivity contribution in [2.75, 3.05) is 90.2 Å². The van der Waals surface area contributed by atoms with Gasteiger partial charge >= 0.3 is 0 Å². The topological polar surface area (TPSA) is 619 Å². The van der Waals surface area contributed by atoms with Crippen LogP contribution in [-0.2, 0) is 92.7 Å². The molecule has 4 rings (SSSR count). The minimum absolute atomic E-state index is 0.0175. The number of aliphatic imine (C=N–C) groups is 1. The van der Waals surface area contributed by atoms with Crippen molar-refractivity contribution in [1.29, 1.82) is 0 Å². The summed E-state index contributed by atoms with van der Waals surface area (Å²) < 4.78 is 0. The number of hydrogen-bond acceptors (Lipinski definition) is 25. The van der Waals surface area contributed by atoms with Gasteiger partial charge in [0.2, 0.25) is 70.9 Å². The number of thiol groups is 2. The first-order valence-corrected chi connectivity index (χ1v) is 44.4. The van der Waals surface area contributed by atoms with Crippen molar-refractivity contribution >= 4 is 137 Å². The smallest absolute Gasteiger partial charge is 0.245 e. The number of guanidine groups is 1. The average molecular weight is 1780 g/mol. The van der Waals surface area contributed by atoms with Crippen LogP contribution in [0.4, 0.5) is 0 Å². The van der Waals surface area contributed by atoms with Crippen LogP contribution in [-0.4, -0.2) is 269 Å². The highest BCUT2D eigenvalue weighted by Crippen LogP contribution is 2.30. The van der Waals surface area contributed by atoms with Crippen molar-refractivity contribution in [3.05, 3.63) is 46.3 Å². The average Bonchev–Trinajstić information content (AvgIpc) is 0.872. The zero-order chi connectivity index (χ0) is 91.8. The predicted octanol–water partition coefficient (Wildman–Crippen LogP) is -0.158. The number of benzene rings is 1. The lowest BCUT2D eigenvalue weighted by Gasteiger charge is -2.40. The van der Waals surface area contributed by atoms with E-state index in [9.17, 15) is 96.5 Å². The number of rotatable bonds is 63. The molecular formula is C83H131N19O20S2. The molecule has 39 nitrogen and oxygen atoms in total. The molecule has 13 atom stereocenters. The third kappa shape index (κ3) is 38.7. The SMILES string of the molecule is CCCC(CNC(=O)[C@@H]1CCCN1C(=O)CCC(=O)[C@H](CCCCN)NC(=O)[C@H](CS)CC(=O)[C@H](CO)N1CC(C)C[C@H](CC(=O)[C@H](CS)NC(=O)[C@@H]2CCCN2C(=O)[C@H](CCCN=C(N)N)NC(=O)[C@H](CCC(N)=O)CC(=O)[C@H](CO)NC(=O)CCC(=O)CNC(=O)CCC(=O)CNC(=O)[C@@H](C)CCCCN=[N+]=[N-])C1=O)CC(=O)NCCc1ccccc1. The molecule has 1 aromatic rings. The van der Waals surface area contributed by atoms with Crippen molar-refractivity contribution in [3.8, 4) is 0 Å². The third-order valence-electron chi connectivity index (χ3n) is 22.3. The Bertz CT molecular complexity index is 3850. The van der Waals surface area contributed by atoms with Crippen LogP contribution in [0.1, 0.15) is 200 Å². The predicted molar refractivity (Wildman–Crippen MR) is 464 cm³/mol. The first kappa shape index (κ1) is 106. The molecule has 690 valence electrons. The molecule has 41 heteroatoms. The highest BCUT2D eigenvalue weighted by atomic mass is 32.1. The summed E-state index contributed by atoms with van der Waals surface area (Å²) in [5.74, 6) is -16.7. The Morgan fingerprint density at radius 2 is 1.23 bits per heavy atom. The fourth-order valence-corrected chi connectivity index (χ4v) is 15.8. The van der Waals surface area contributed by atoms with Crippen LogP contribution >= 0.6 is 25.3 Å². The molecule has 3 fully saturated rings. The van der Waals surface area contributed by atoms with Crippen LogP contribution in [0.3, 0.4) is 0 Å². The second-order valence-electron chi connectivity index (χ2n) is 32.2. The molecule has 0 saturated carbocycles. The zero-order valence-electron chi connectivity index (χ0n) is 71.7. The minimum atomic E-state index is -1.64. The van der Waals surface area contributed by atoms with Crippen LogP contribution in [0.2, 0.25) is 0 Å². The van der Waals surface area contributed by atoms with E-state index in [2.05, 4.69) is 82.8 Å². The molecule has 3 saturated heterocycles. The molecule has 0 aliphatic carbocycles. The van der Waals surface area contributed by atoms with Crippen molar-refractivity contribution in [2.24, 2.45) is 68.5 Å². The third-order valence-corrected chi connectivity index (χ3v) is 23.1. The summed E-state index contributed by atoms with van der Waals surface area (Å²) in [4.78, 5) is 254. The van der Waals surface area contributed by atoms with Crippen molar-refractivity contribution in [3.63, 3.8) is 0 Å². The number of hydrogen-bond donors (Lipinski definition) is 16. The van der Waals surface area contributed by atoms with Crippen molar-refractivity contribution in [1.82, 2.24) is 57.2 Å². The van der Waals surface area contributed by atoms with Gasteiger partial charge in [0.1, 0.15) is 30.2 Å². The van der Waals surface area contributed by atoms with Gasteiger partial charge in [0.05, 0.1) is 44.3 Å². The van der Waals surface area contributed by atoms with Gasteiger partial charge in [-0.1, -0.05) is 69.1 Å². The van der Waals surface area contributed by atoms with E-state index in [-0.39, 0.29) is 170 Å². The highest BCUT2D eigenvalue weighted by Gasteiger charge is 2.44. The molecule has 0 aromatic heterocycles. The van der Waals surface area contributed by atoms with Gasteiger partial charge < -0.3 is 90.4 Å². The van der Waals surface area contributed by atoms with E-state index < -0.39 is 212 Å². The first-order valence-electron chi connectivity index (χ1n) is 43.1. The van der Waals surface area contributed by atoms with Crippen LogP contribution in [0.25, 0.3) is 10.4 Å². The summed E-state index contributed by atoms with van der Waals surface area (Å²) in [6.07, 6.45) is 1.96. The minimum Gasteiger partial charge on any atom is -0.394 e. The lowest BCUT2D eigenvalue weighted by Crippen LogP contribution is -2.57. The molecule has 3 aliphatic heterocycles. The number of nitrogens with zero attached hydrogens (tertiary/aromatic N) is 7. The second-order valence-corrected chi connectivity index (χ2v) is 33.0. The van der Waals surface area contributed by atoms with Gasteiger partial charge in [-0.25, -0.2) is 0 Å². The van der Waals surface area contributed by atoms with Gasteiger partial charge in [-0.05, 0) is 126 Å². The molecule has 0 radical (unpaired) electrons. The number of nitrogens with two attached hydrogens (primary N) is 4. The van der Waals surface area contributed by atoms with Gasteiger partial charge in [0, 0.05) is 151 Å². The Labute approximate surface area is 734 Å². The first-order chi connectivity index (χ1) is 59.2. The van der Waals surface area contributed by atoms with Crippen molar-refractivity contribution < 1.29 is 96.5 Å². The number of carbonyl (C=O) groups excluding carboxylic acids is 18. The fraction of sp³-hybridized carbons (Fsp3) is 0.699. The van der Waals surface area contributed by atoms with Gasteiger partial charge in [-0.15, -0.1) is 0 Å². The Morgan fingerprint density at radius 1 is 0.597 bits per heavy atom. The molecule has 2 unspecified atom stereocenters. The number of aliphatic hydroxyl groups is 2. The maximum Gasteiger partial charge on any atom is 0.245 e. The number of ketones is 6. The largest absolute Gasteiger partial charge is 0.394 e. The molecular weight excluding hydrogens is 1650 g/mol. The van der Waals surface area contributed by atoms with Crippen LogP contribution in [0.15, 0.2) is 40.4 Å². The van der Waals surface area contributed by atoms with E-state index >= 15 is 0 Å². The maximum absolute atomic E-state index is 14.7. The molecule has 124 heavy (non-hydrogen) atoms. The Balaban J connectivity index is 1.35. The number of Topliss-reactive ketones (excluding diaryl/α,β-unsaturated/α-hetero) is 6. The van der Waals surface area contributed by atoms with Gasteiger partial charge in [0.25, 0.3) is 0 Å². The number of likely N-dealkylation sites (tertiary alicyclic amines) is 3. The number of piperidine rings is 1. The highest BCUT2D eigenvalue weighted by molar-refractivity contribution is 7.80. The van der Waals surface area contributed by atoms with E-state index in [0.29, 0.717) is 70.9 Å². The molecule has 0 spiro atoms. The number of aliphatic hydroxyl groups excluding tert-OH is 2. The maximum atomic E-state index is 14.7. The monoisotopic (exact) mass is 1780 g/mol. The summed E-state index contributed by atoms with van der Waals surface area (Å²) >= 11 is 8.77. The lowest BCUT2D eigenvalue weighted by atomic mass is 9.84. The summed E-state index contributed by atoms with van der Waals surface area (Å²) in [5.41, 5.74) is 31.9. The molecule has 18 N–H and O–H groups in total. The number of azide groups is 1. The van der Waals surface area contributed by atoms with Crippen LogP contribution < -0.4 is 65.5 Å². The molecule has 3 heterocycles. The number of unbranched alkanes of at least 4 members (excludes halogenated alkanes) is 2. The molecule has 1 aromatic carbocycles. The lowest BCUT2D eigenvalue weighted by molar-refractivity contribution is -0.151. The summed E-state index contributed by atoms with van der Waals surface area (Å²) in [6, 6.07) is 0.733. The van der Waals surface area contributed by atoms with E-state index in [0.717, 1.165) is 16.9 Å². The standard InChI is InChI=1S/C83H131N19O20S2/c1-4-15-54(39-74(114)89-35-31-53-17-6-5-7-18-53)43-92-79(119)64-21-13-36-100(64)75(115)30-26-67(107)60(19-8-10-32-84)96-78(118)57(49-123)42-70(110)66(48-104)102-46-51(2)38-56(81(102)121)41-69(109)63(50-124)98-80(120)65-22-14-37-101(65)82(122)61(20-12-33-90-83(86)87)97-77(117)55(23-27-71(85)111)40-68(108)62(47-103)95-73(113)29-25-58(105)44-91-72(112)28-24-59(106)45-93-76(116)52(3)16-9-11-34-94-99-88/h5-7,17-18,51-52,54-57,60-66,103-104,123-124H,4,8-16,19-50,84H2,1-3H3,(H2,85,111)(H,89,114)(H,91,112)(H,92,119)(H,93,116)(H,95,113)(H,96,118)(H,97,117)(H,98,120)(H4,86,87,90)/t51?,52-,54?,55+,56+,57-,60-,61-,62-,63-,64-,65-,66-/m0/s1. The van der Waals surface area contributed by atoms with Gasteiger partial charge in [-0.2, -0.15) is 25.3 Å². The van der Waals surface area contributed by atoms with Gasteiger partial charge in [0.15, 0.2) is 40.7 Å². The van der Waals surface area contributed by atoms with E-state index in [1.165, 1.54) is 9.80 Å². The van der Waals surface area contributed by atoms with Crippen LogP contribution in [0.5, 0.6) is 0 Å². The Kier molecular flexibility index (Phi) is 50.0. The summed E-state index contributed by atoms with van der Waals surface area (Å²) in [5, 5.41) is 45.7. The summed E-state index contributed by atoms with van der Waals surface area (Å²) in [6.45, 7) is 4.26. The summed E-state index contributed by atoms with van der Waals surface area (Å²) in [7, 11) is 0. The van der Waals surface area contributed by atoms with E-state index in [1.54, 1.807) is 13.8 Å². The van der Waals surface area contributed by atoms with E-state index in [4.69, 9.17) is 28.5 Å². The Hall–Kier alpha value is -9.96. The van der Waals surface area contributed by atoms with E-state index in [1.807, 2.05) is 37.3 Å². The van der Waals surface area contributed by atoms with Crippen LogP contribution in [0, 0.1) is 35.5 Å². The fourth-order valence-electron chi connectivity index (χ4n) is 15.2. The van der Waals surface area contributed by atoms with Gasteiger partial charge in [-0.3, -0.25) is 91.3 Å². The number of amides is 12. The normalized spacial score (nSPS) is 17.7. The number of primary amides is 1. The Morgan fingerprint density at radius 3 is 1.87 bits per heavy atom. The number of nitrogens with one attached hydrogen (secondary N) is 8. The second kappa shape index (κ2) is 58.3. The molecule has 0 bridgehead atoms. The molecule has 12 amide bonds. The quantitative estimate of drug-likeness (QED) is 0.00766. The number of carbonyl (C=O) groups is 18.